The number of nitrogens with one attached hydrogen (secondary N) is 1. The highest BCUT2D eigenvalue weighted by molar-refractivity contribution is 5.27. The molecule has 1 unspecified atom stereocenters. The molecule has 1 aromatic rings. The molecule has 112 valence electrons. The van der Waals surface area contributed by atoms with Crippen LogP contribution in [0.2, 0.25) is 0 Å². The Kier molecular flexibility index (Phi) is 5.14. The average molecular weight is 279 g/mol. The number of anilines is 1. The lowest BCUT2D eigenvalue weighted by Gasteiger charge is -2.37. The normalized spacial score (nSPS) is 21.1. The van der Waals surface area contributed by atoms with E-state index in [0.29, 0.717) is 17.9 Å². The molecule has 1 aliphatic heterocycles. The van der Waals surface area contributed by atoms with Crippen molar-refractivity contribution in [3.05, 3.63) is 12.3 Å². The summed E-state index contributed by atoms with van der Waals surface area (Å²) in [5, 5.41) is 3.31. The number of likely N-dealkylation sites (N-methyl/N-ethyl adjacent to an activating group) is 2. The third-order valence-corrected chi connectivity index (χ3v) is 3.46. The summed E-state index contributed by atoms with van der Waals surface area (Å²) in [6, 6.07) is 2.26. The molecule has 0 aromatic carbocycles. The van der Waals surface area contributed by atoms with Gasteiger partial charge >= 0.3 is 0 Å². The van der Waals surface area contributed by atoms with E-state index in [1.807, 2.05) is 13.8 Å². The fourth-order valence-corrected chi connectivity index (χ4v) is 2.27. The number of aromatic nitrogens is 2. The van der Waals surface area contributed by atoms with Gasteiger partial charge in [0.25, 0.3) is 0 Å². The lowest BCUT2D eigenvalue weighted by molar-refractivity contribution is 0.121. The number of ether oxygens (including phenoxy) is 1. The molecule has 2 rings (SSSR count). The molecule has 0 aliphatic carbocycles. The second kappa shape index (κ2) is 6.85. The van der Waals surface area contributed by atoms with Gasteiger partial charge in [-0.1, -0.05) is 0 Å². The van der Waals surface area contributed by atoms with Crippen LogP contribution in [0.4, 0.5) is 5.95 Å². The fourth-order valence-electron chi connectivity index (χ4n) is 2.27. The Balaban J connectivity index is 1.89. The van der Waals surface area contributed by atoms with Crippen LogP contribution in [0.1, 0.15) is 13.8 Å². The van der Waals surface area contributed by atoms with Crippen LogP contribution in [0.15, 0.2) is 12.3 Å². The predicted octanol–water partition coefficient (Wildman–Crippen LogP) is 0.922. The van der Waals surface area contributed by atoms with Crippen LogP contribution >= 0.6 is 0 Å². The van der Waals surface area contributed by atoms with Gasteiger partial charge in [0.1, 0.15) is 0 Å². The molecule has 1 aromatic heterocycles. The lowest BCUT2D eigenvalue weighted by Crippen LogP contribution is -2.52. The van der Waals surface area contributed by atoms with Gasteiger partial charge in [-0.05, 0) is 27.9 Å². The summed E-state index contributed by atoms with van der Waals surface area (Å²) in [4.78, 5) is 13.3. The number of hydrogen-bond acceptors (Lipinski definition) is 6. The minimum absolute atomic E-state index is 0.121. The van der Waals surface area contributed by atoms with E-state index in [1.54, 1.807) is 12.3 Å². The van der Waals surface area contributed by atoms with Crippen molar-refractivity contribution < 1.29 is 4.74 Å². The van der Waals surface area contributed by atoms with Crippen molar-refractivity contribution in [1.82, 2.24) is 19.8 Å². The van der Waals surface area contributed by atoms with Crippen LogP contribution in [-0.4, -0.2) is 72.2 Å². The molecule has 20 heavy (non-hydrogen) atoms. The Morgan fingerprint density at radius 2 is 2.20 bits per heavy atom. The van der Waals surface area contributed by atoms with Crippen LogP contribution in [0.5, 0.6) is 5.88 Å². The Morgan fingerprint density at radius 3 is 2.95 bits per heavy atom. The maximum atomic E-state index is 5.58. The third kappa shape index (κ3) is 4.31. The van der Waals surface area contributed by atoms with Gasteiger partial charge in [0.05, 0.1) is 6.10 Å². The van der Waals surface area contributed by atoms with Crippen LogP contribution in [0.3, 0.4) is 0 Å². The van der Waals surface area contributed by atoms with Gasteiger partial charge < -0.3 is 15.0 Å². The first kappa shape index (κ1) is 15.0. The molecule has 1 N–H and O–H groups in total. The highest BCUT2D eigenvalue weighted by Crippen LogP contribution is 2.11. The van der Waals surface area contributed by atoms with Gasteiger partial charge in [0.2, 0.25) is 11.8 Å². The largest absolute Gasteiger partial charge is 0.475 e. The second-order valence-electron chi connectivity index (χ2n) is 5.66. The van der Waals surface area contributed by atoms with E-state index < -0.39 is 0 Å². The highest BCUT2D eigenvalue weighted by atomic mass is 16.5. The molecule has 6 heteroatoms. The summed E-state index contributed by atoms with van der Waals surface area (Å²) in [6.07, 6.45) is 1.85. The summed E-state index contributed by atoms with van der Waals surface area (Å²) in [5.41, 5.74) is 0. The Bertz CT molecular complexity index is 426. The van der Waals surface area contributed by atoms with Crippen molar-refractivity contribution in [3.63, 3.8) is 0 Å². The minimum atomic E-state index is 0.121. The van der Waals surface area contributed by atoms with Crippen LogP contribution in [0.25, 0.3) is 0 Å². The maximum absolute atomic E-state index is 5.58. The van der Waals surface area contributed by atoms with E-state index in [-0.39, 0.29) is 6.10 Å². The topological polar surface area (TPSA) is 53.5 Å². The highest BCUT2D eigenvalue weighted by Gasteiger charge is 2.21. The van der Waals surface area contributed by atoms with Gasteiger partial charge in [-0.25, -0.2) is 4.98 Å². The van der Waals surface area contributed by atoms with Crippen LogP contribution < -0.4 is 10.1 Å². The van der Waals surface area contributed by atoms with E-state index >= 15 is 0 Å². The first-order valence-electron chi connectivity index (χ1n) is 7.17. The van der Waals surface area contributed by atoms with Gasteiger partial charge in [-0.2, -0.15) is 4.98 Å². The number of rotatable bonds is 5. The molecule has 1 saturated heterocycles. The molecule has 0 saturated carbocycles. The molecule has 0 spiro atoms. The average Bonchev–Trinajstić information content (AvgIpc) is 2.39. The fraction of sp³-hybridized carbons (Fsp3) is 0.714. The molecule has 1 aliphatic rings. The summed E-state index contributed by atoms with van der Waals surface area (Å²) in [7, 11) is 4.33. The van der Waals surface area contributed by atoms with Gasteiger partial charge in [0.15, 0.2) is 0 Å². The summed E-state index contributed by atoms with van der Waals surface area (Å²) in [5.74, 6) is 1.25. The quantitative estimate of drug-likeness (QED) is 0.865. The van der Waals surface area contributed by atoms with E-state index in [9.17, 15) is 0 Å². The first-order valence-corrected chi connectivity index (χ1v) is 7.17. The maximum Gasteiger partial charge on any atom is 0.225 e. The Hall–Kier alpha value is -1.40. The Morgan fingerprint density at radius 1 is 1.40 bits per heavy atom. The molecule has 1 atom stereocenters. The van der Waals surface area contributed by atoms with E-state index in [4.69, 9.17) is 4.74 Å². The second-order valence-corrected chi connectivity index (χ2v) is 5.66. The third-order valence-electron chi connectivity index (χ3n) is 3.46. The van der Waals surface area contributed by atoms with E-state index in [2.05, 4.69) is 39.2 Å². The monoisotopic (exact) mass is 279 g/mol. The molecule has 6 nitrogen and oxygen atoms in total. The molecular formula is C14H25N5O. The van der Waals surface area contributed by atoms with Crippen molar-refractivity contribution in [1.29, 1.82) is 0 Å². The zero-order chi connectivity index (χ0) is 14.5. The zero-order valence-electron chi connectivity index (χ0n) is 12.8. The SMILES string of the molecule is CC(C)Oc1ccnc(NCC2CN(C)CCN2C)n1. The molecule has 0 bridgehead atoms. The van der Waals surface area contributed by atoms with Crippen LogP contribution in [-0.2, 0) is 0 Å². The first-order chi connectivity index (χ1) is 9.54. The number of piperazine rings is 1. The summed E-state index contributed by atoms with van der Waals surface area (Å²) < 4.78 is 5.58. The van der Waals surface area contributed by atoms with E-state index in [1.165, 1.54) is 0 Å². The number of nitrogens with zero attached hydrogens (tertiary/aromatic N) is 4. The smallest absolute Gasteiger partial charge is 0.225 e. The van der Waals surface area contributed by atoms with E-state index in [0.717, 1.165) is 26.2 Å². The van der Waals surface area contributed by atoms with Crippen molar-refractivity contribution >= 4 is 5.95 Å². The molecule has 1 fully saturated rings. The predicted molar refractivity (Wildman–Crippen MR) is 80.2 cm³/mol. The zero-order valence-corrected chi connectivity index (χ0v) is 12.8. The summed E-state index contributed by atoms with van der Waals surface area (Å²) >= 11 is 0. The molecule has 0 radical (unpaired) electrons. The number of hydrogen-bond donors (Lipinski definition) is 1. The van der Waals surface area contributed by atoms with Gasteiger partial charge in [-0.3, -0.25) is 4.90 Å². The molecule has 2 heterocycles. The lowest BCUT2D eigenvalue weighted by atomic mass is 10.2. The standard InChI is InChI=1S/C14H25N5O/c1-11(2)20-13-5-6-15-14(17-13)16-9-12-10-18(3)7-8-19(12)4/h5-6,11-12H,7-10H2,1-4H3,(H,15,16,17). The van der Waals surface area contributed by atoms with Crippen molar-refractivity contribution in [3.8, 4) is 5.88 Å². The molecule has 0 amide bonds. The van der Waals surface area contributed by atoms with Crippen molar-refractivity contribution in [2.24, 2.45) is 0 Å². The van der Waals surface area contributed by atoms with Crippen LogP contribution in [0, 0.1) is 0 Å². The Labute approximate surface area is 121 Å². The van der Waals surface area contributed by atoms with Gasteiger partial charge in [-0.15, -0.1) is 0 Å². The summed E-state index contributed by atoms with van der Waals surface area (Å²) in [6.45, 7) is 8.10. The molecular weight excluding hydrogens is 254 g/mol. The minimum Gasteiger partial charge on any atom is -0.475 e. The van der Waals surface area contributed by atoms with Crippen molar-refractivity contribution in [2.45, 2.75) is 26.0 Å². The van der Waals surface area contributed by atoms with Gasteiger partial charge in [0, 0.05) is 44.5 Å². The van der Waals surface area contributed by atoms with Crippen molar-refractivity contribution in [2.75, 3.05) is 45.6 Å².